The van der Waals surface area contributed by atoms with Crippen LogP contribution >= 0.6 is 0 Å². The van der Waals surface area contributed by atoms with Crippen molar-refractivity contribution in [3.05, 3.63) is 65.3 Å². The Morgan fingerprint density at radius 2 is 1.74 bits per heavy atom. The fourth-order valence-corrected chi connectivity index (χ4v) is 3.89. The molecule has 0 aromatic heterocycles. The van der Waals surface area contributed by atoms with E-state index in [2.05, 4.69) is 23.7 Å². The molecule has 5 heteroatoms. The Bertz CT molecular complexity index is 888. The van der Waals surface area contributed by atoms with Crippen molar-refractivity contribution in [2.24, 2.45) is 10.9 Å². The fourth-order valence-electron chi connectivity index (χ4n) is 3.89. The van der Waals surface area contributed by atoms with Crippen molar-refractivity contribution in [1.29, 1.82) is 0 Å². The van der Waals surface area contributed by atoms with Gasteiger partial charge >= 0.3 is 0 Å². The molecule has 1 aromatic rings. The number of allylic oxidation sites excluding steroid dienone is 5. The number of amides is 1. The summed E-state index contributed by atoms with van der Waals surface area (Å²) in [6.07, 6.45) is 6.68. The lowest BCUT2D eigenvalue weighted by atomic mass is 9.92. The molecule has 0 radical (unpaired) electrons. The Kier molecular flexibility index (Phi) is 9.22. The average molecular weight is 426 g/mol. The molecule has 0 unspecified atom stereocenters. The summed E-state index contributed by atoms with van der Waals surface area (Å²) in [4.78, 5) is 21.2. The second-order valence-corrected chi connectivity index (χ2v) is 8.12. The van der Waals surface area contributed by atoms with Gasteiger partial charge in [0.05, 0.1) is 0 Å². The topological polar surface area (TPSA) is 35.9 Å². The Morgan fingerprint density at radius 3 is 2.29 bits per heavy atom. The molecule has 168 valence electrons. The van der Waals surface area contributed by atoms with E-state index in [0.29, 0.717) is 18.7 Å². The highest BCUT2D eigenvalue weighted by atomic mass is 19.1. The number of rotatable bonds is 7. The third-order valence-electron chi connectivity index (χ3n) is 5.61. The third-order valence-corrected chi connectivity index (χ3v) is 5.61. The van der Waals surface area contributed by atoms with Gasteiger partial charge in [-0.2, -0.15) is 0 Å². The van der Waals surface area contributed by atoms with Gasteiger partial charge in [0, 0.05) is 60.8 Å². The molecule has 1 aromatic carbocycles. The first-order valence-corrected chi connectivity index (χ1v) is 11.2. The largest absolute Gasteiger partial charge is 0.371 e. The summed E-state index contributed by atoms with van der Waals surface area (Å²) in [6, 6.07) is 6.87. The summed E-state index contributed by atoms with van der Waals surface area (Å²) < 4.78 is 14.7. The molecule has 0 atom stereocenters. The normalized spacial score (nSPS) is 16.9. The number of hydrogen-bond donors (Lipinski definition) is 0. The molecule has 4 nitrogen and oxygen atoms in total. The number of benzene rings is 1. The molecule has 0 spiro atoms. The van der Waals surface area contributed by atoms with Gasteiger partial charge in [0.25, 0.3) is 0 Å². The SMILES string of the molecule is C\C=C(C(/C(C)=N/C=C/CC)=C(/C)N1CCN(C(=O)C(C)C)CC1)\c1ccccc1F. The standard InChI is InChI=1S/C26H36FN3O/c1-7-9-14-28-20(5)25(22(8-2)23-12-10-11-13-24(23)27)21(6)29-15-17-30(18-16-29)26(31)19(3)4/h8-14,19H,7,15-18H2,1-6H3/b14-9+,22-8-,25-21-,28-20+. The molecule has 1 aliphatic rings. The van der Waals surface area contributed by atoms with Gasteiger partial charge in [-0.25, -0.2) is 4.39 Å². The van der Waals surface area contributed by atoms with Crippen LogP contribution in [0.5, 0.6) is 0 Å². The van der Waals surface area contributed by atoms with E-state index in [-0.39, 0.29) is 17.6 Å². The summed E-state index contributed by atoms with van der Waals surface area (Å²) in [7, 11) is 0. The Hall–Kier alpha value is -2.69. The molecule has 1 heterocycles. The molecule has 0 bridgehead atoms. The van der Waals surface area contributed by atoms with Gasteiger partial charge in [-0.05, 0) is 38.8 Å². The van der Waals surface area contributed by atoms with E-state index in [1.54, 1.807) is 6.07 Å². The van der Waals surface area contributed by atoms with Crippen molar-refractivity contribution in [2.75, 3.05) is 26.2 Å². The van der Waals surface area contributed by atoms with Gasteiger partial charge in [-0.1, -0.05) is 51.1 Å². The molecule has 1 fully saturated rings. The van der Waals surface area contributed by atoms with Crippen molar-refractivity contribution < 1.29 is 9.18 Å². The van der Waals surface area contributed by atoms with Crippen LogP contribution in [0.25, 0.3) is 5.57 Å². The minimum Gasteiger partial charge on any atom is -0.371 e. The van der Waals surface area contributed by atoms with Gasteiger partial charge in [0.15, 0.2) is 0 Å². The predicted octanol–water partition coefficient (Wildman–Crippen LogP) is 5.69. The maximum atomic E-state index is 14.7. The average Bonchev–Trinajstić information content (AvgIpc) is 2.77. The van der Waals surface area contributed by atoms with Crippen LogP contribution in [0.15, 0.2) is 58.9 Å². The van der Waals surface area contributed by atoms with E-state index in [0.717, 1.165) is 42.1 Å². The molecule has 0 N–H and O–H groups in total. The second-order valence-electron chi connectivity index (χ2n) is 8.12. The molecule has 1 saturated heterocycles. The lowest BCUT2D eigenvalue weighted by molar-refractivity contribution is -0.135. The van der Waals surface area contributed by atoms with Gasteiger partial charge in [0.2, 0.25) is 5.91 Å². The van der Waals surface area contributed by atoms with Crippen LogP contribution in [0.4, 0.5) is 4.39 Å². The molecule has 1 aliphatic heterocycles. The Morgan fingerprint density at radius 1 is 1.13 bits per heavy atom. The first-order chi connectivity index (χ1) is 14.8. The number of halogens is 1. The highest BCUT2D eigenvalue weighted by Gasteiger charge is 2.25. The zero-order chi connectivity index (χ0) is 23.0. The van der Waals surface area contributed by atoms with Crippen molar-refractivity contribution >= 4 is 17.2 Å². The molecule has 1 amide bonds. The van der Waals surface area contributed by atoms with E-state index < -0.39 is 0 Å². The minimum atomic E-state index is -0.245. The number of carbonyl (C=O) groups excluding carboxylic acids is 1. The van der Waals surface area contributed by atoms with Crippen molar-refractivity contribution in [3.63, 3.8) is 0 Å². The minimum absolute atomic E-state index is 0.00849. The highest BCUT2D eigenvalue weighted by molar-refractivity contribution is 6.12. The smallest absolute Gasteiger partial charge is 0.225 e. The van der Waals surface area contributed by atoms with E-state index in [1.807, 2.05) is 63.1 Å². The summed E-state index contributed by atoms with van der Waals surface area (Å²) in [5, 5.41) is 0. The van der Waals surface area contributed by atoms with Crippen LogP contribution in [0.3, 0.4) is 0 Å². The lowest BCUT2D eigenvalue weighted by Crippen LogP contribution is -2.49. The molecule has 0 aliphatic carbocycles. The van der Waals surface area contributed by atoms with Crippen LogP contribution in [0.1, 0.15) is 53.5 Å². The van der Waals surface area contributed by atoms with Gasteiger partial charge in [-0.15, -0.1) is 0 Å². The van der Waals surface area contributed by atoms with Gasteiger partial charge in [0.1, 0.15) is 5.82 Å². The van der Waals surface area contributed by atoms with Crippen LogP contribution < -0.4 is 0 Å². The van der Waals surface area contributed by atoms with Crippen molar-refractivity contribution in [2.45, 2.75) is 48.0 Å². The number of piperazine rings is 1. The maximum Gasteiger partial charge on any atom is 0.225 e. The van der Waals surface area contributed by atoms with Crippen molar-refractivity contribution in [3.8, 4) is 0 Å². The molecular formula is C26H36FN3O. The molecule has 31 heavy (non-hydrogen) atoms. The molecule has 2 rings (SSSR count). The Labute approximate surface area is 186 Å². The molecule has 0 saturated carbocycles. The number of aliphatic imine (C=N–C) groups is 1. The van der Waals surface area contributed by atoms with Gasteiger partial charge in [-0.3, -0.25) is 9.79 Å². The van der Waals surface area contributed by atoms with E-state index in [1.165, 1.54) is 6.07 Å². The summed E-state index contributed by atoms with van der Waals surface area (Å²) in [5.74, 6) is -0.0382. The van der Waals surface area contributed by atoms with Crippen molar-refractivity contribution in [1.82, 2.24) is 9.80 Å². The number of carbonyl (C=O) groups is 1. The third kappa shape index (κ3) is 6.16. The van der Waals surface area contributed by atoms with Crippen LogP contribution in [-0.4, -0.2) is 47.6 Å². The quantitative estimate of drug-likeness (QED) is 0.416. The number of hydrogen-bond acceptors (Lipinski definition) is 3. The fraction of sp³-hybridized carbons (Fsp3) is 0.462. The van der Waals surface area contributed by atoms with Crippen LogP contribution in [-0.2, 0) is 4.79 Å². The summed E-state index contributed by atoms with van der Waals surface area (Å²) in [5.41, 5.74) is 4.25. The first-order valence-electron chi connectivity index (χ1n) is 11.2. The van der Waals surface area contributed by atoms with E-state index >= 15 is 0 Å². The first kappa shape index (κ1) is 24.6. The number of nitrogens with zero attached hydrogens (tertiary/aromatic N) is 3. The Balaban J connectivity index is 2.46. The van der Waals surface area contributed by atoms with E-state index in [4.69, 9.17) is 0 Å². The maximum absolute atomic E-state index is 14.7. The zero-order valence-electron chi connectivity index (χ0n) is 19.8. The van der Waals surface area contributed by atoms with E-state index in [9.17, 15) is 9.18 Å². The summed E-state index contributed by atoms with van der Waals surface area (Å²) in [6.45, 7) is 14.8. The monoisotopic (exact) mass is 425 g/mol. The highest BCUT2D eigenvalue weighted by Crippen LogP contribution is 2.30. The lowest BCUT2D eigenvalue weighted by Gasteiger charge is -2.38. The predicted molar refractivity (Wildman–Crippen MR) is 128 cm³/mol. The van der Waals surface area contributed by atoms with Gasteiger partial charge < -0.3 is 9.80 Å². The molecular weight excluding hydrogens is 389 g/mol. The summed E-state index contributed by atoms with van der Waals surface area (Å²) >= 11 is 0. The van der Waals surface area contributed by atoms with Crippen LogP contribution in [0, 0.1) is 11.7 Å². The van der Waals surface area contributed by atoms with Crippen LogP contribution in [0.2, 0.25) is 0 Å². The zero-order valence-corrected chi connectivity index (χ0v) is 19.8. The second kappa shape index (κ2) is 11.6.